The van der Waals surface area contributed by atoms with Gasteiger partial charge < -0.3 is 42.7 Å². The van der Waals surface area contributed by atoms with E-state index >= 15 is 0 Å². The van der Waals surface area contributed by atoms with Gasteiger partial charge in [-0.15, -0.1) is 0 Å². The van der Waals surface area contributed by atoms with E-state index in [0.29, 0.717) is 19.6 Å². The highest BCUT2D eigenvalue weighted by Crippen LogP contribution is 1.65. The second-order valence-corrected chi connectivity index (χ2v) is 3.72. The molecule has 0 radical (unpaired) electrons. The fourth-order valence-corrected chi connectivity index (χ4v) is 0. The third-order valence-electron chi connectivity index (χ3n) is 0.387. The molecule has 0 atom stereocenters. The summed E-state index contributed by atoms with van der Waals surface area (Å²) in [5.74, 6) is 0. The predicted molar refractivity (Wildman–Crippen MR) is 83.1 cm³/mol. The topological polar surface area (TPSA) is 179 Å². The molecular formula is C12H37N3O5. The quantitative estimate of drug-likeness (QED) is 0.284. The normalized spacial score (nSPS) is 8.10. The molecule has 0 heterocycles. The molecule has 0 unspecified atom stereocenters. The Morgan fingerprint density at radius 1 is 0.600 bits per heavy atom. The van der Waals surface area contributed by atoms with Gasteiger partial charge in [0.1, 0.15) is 0 Å². The van der Waals surface area contributed by atoms with E-state index < -0.39 is 0 Å². The molecular weight excluding hydrogens is 266 g/mol. The van der Waals surface area contributed by atoms with Gasteiger partial charge in [-0.2, -0.15) is 0 Å². The number of aliphatic hydroxyl groups excluding tert-OH is 5. The summed E-state index contributed by atoms with van der Waals surface area (Å²) in [7, 11) is 0. The molecule has 0 aliphatic carbocycles. The zero-order chi connectivity index (χ0) is 17.4. The average Bonchev–Trinajstić information content (AvgIpc) is 2.37. The van der Waals surface area contributed by atoms with E-state index in [4.69, 9.17) is 42.7 Å². The Morgan fingerprint density at radius 2 is 0.650 bits per heavy atom. The molecule has 0 aliphatic heterocycles. The summed E-state index contributed by atoms with van der Waals surface area (Å²) >= 11 is 0. The second kappa shape index (κ2) is 42.8. The van der Waals surface area contributed by atoms with Crippen LogP contribution in [0.4, 0.5) is 0 Å². The Hall–Kier alpha value is -0.320. The van der Waals surface area contributed by atoms with Crippen molar-refractivity contribution in [1.82, 2.24) is 0 Å². The van der Waals surface area contributed by atoms with Crippen molar-refractivity contribution < 1.29 is 25.5 Å². The van der Waals surface area contributed by atoms with E-state index in [1.807, 2.05) is 0 Å². The molecule has 8 nitrogen and oxygen atoms in total. The third kappa shape index (κ3) is 685. The van der Waals surface area contributed by atoms with Gasteiger partial charge in [0.2, 0.25) is 0 Å². The van der Waals surface area contributed by atoms with Gasteiger partial charge in [0.05, 0.1) is 19.8 Å². The second-order valence-electron chi connectivity index (χ2n) is 3.72. The molecule has 130 valence electrons. The molecule has 0 saturated carbocycles. The van der Waals surface area contributed by atoms with Gasteiger partial charge >= 0.3 is 0 Å². The predicted octanol–water partition coefficient (Wildman–Crippen LogP) is -2.41. The maximum absolute atomic E-state index is 8.06. The number of hydrogen-bond donors (Lipinski definition) is 8. The van der Waals surface area contributed by atoms with Gasteiger partial charge in [0.25, 0.3) is 0 Å². The minimum Gasteiger partial charge on any atom is -0.395 e. The summed E-state index contributed by atoms with van der Waals surface area (Å²) < 4.78 is 0. The molecule has 0 rings (SSSR count). The number of rotatable bonds is 3. The highest BCUT2D eigenvalue weighted by atomic mass is 16.3. The summed E-state index contributed by atoms with van der Waals surface area (Å²) in [6.45, 7) is 8.31. The Labute approximate surface area is 123 Å². The van der Waals surface area contributed by atoms with Crippen molar-refractivity contribution >= 4 is 0 Å². The van der Waals surface area contributed by atoms with Crippen molar-refractivity contribution in [1.29, 1.82) is 0 Å². The molecule has 0 saturated heterocycles. The van der Waals surface area contributed by atoms with Gasteiger partial charge in [-0.3, -0.25) is 0 Å². The van der Waals surface area contributed by atoms with Crippen LogP contribution < -0.4 is 17.2 Å². The monoisotopic (exact) mass is 303 g/mol. The van der Waals surface area contributed by atoms with Crippen LogP contribution >= 0.6 is 0 Å². The van der Waals surface area contributed by atoms with Crippen LogP contribution in [0.2, 0.25) is 0 Å². The summed E-state index contributed by atoms with van der Waals surface area (Å²) in [5.41, 5.74) is 14.3. The van der Waals surface area contributed by atoms with Crippen LogP contribution in [0.5, 0.6) is 0 Å². The van der Waals surface area contributed by atoms with Gasteiger partial charge in [-0.25, -0.2) is 0 Å². The summed E-state index contributed by atoms with van der Waals surface area (Å²) in [4.78, 5) is 0. The number of hydrogen-bond acceptors (Lipinski definition) is 8. The van der Waals surface area contributed by atoms with E-state index in [2.05, 4.69) is 0 Å². The maximum atomic E-state index is 8.06. The Morgan fingerprint density at radius 3 is 0.650 bits per heavy atom. The lowest BCUT2D eigenvalue weighted by Gasteiger charge is -1.80. The van der Waals surface area contributed by atoms with Crippen LogP contribution in [0.25, 0.3) is 0 Å². The van der Waals surface area contributed by atoms with Crippen molar-refractivity contribution in [2.24, 2.45) is 17.2 Å². The first kappa shape index (κ1) is 31.9. The smallest absolute Gasteiger partial charge is 0.0553 e. The molecule has 0 fully saturated rings. The van der Waals surface area contributed by atoms with Crippen LogP contribution in [-0.4, -0.2) is 77.2 Å². The van der Waals surface area contributed by atoms with Crippen molar-refractivity contribution in [3.05, 3.63) is 0 Å². The molecule has 20 heavy (non-hydrogen) atoms. The summed E-state index contributed by atoms with van der Waals surface area (Å²) in [6.07, 6.45) is -0.333. The first-order chi connectivity index (χ1) is 9.21. The zero-order valence-electron chi connectivity index (χ0n) is 13.4. The van der Waals surface area contributed by atoms with Crippen molar-refractivity contribution in [3.63, 3.8) is 0 Å². The molecule has 0 aliphatic rings. The van der Waals surface area contributed by atoms with E-state index in [1.54, 1.807) is 27.7 Å². The first-order valence-electron chi connectivity index (χ1n) is 6.50. The lowest BCUT2D eigenvalue weighted by molar-refractivity contribution is 0.215. The van der Waals surface area contributed by atoms with Crippen molar-refractivity contribution in [2.45, 2.75) is 39.9 Å². The van der Waals surface area contributed by atoms with Crippen LogP contribution in [0, 0.1) is 0 Å². The molecule has 0 amide bonds. The van der Waals surface area contributed by atoms with Gasteiger partial charge in [-0.1, -0.05) is 0 Å². The third-order valence-corrected chi connectivity index (χ3v) is 0.387. The van der Waals surface area contributed by atoms with Crippen LogP contribution in [0.1, 0.15) is 27.7 Å². The SMILES string of the molecule is CC(C)O.CC(C)O.NCCO.NCCO.NCCO. The molecule has 8 heteroatoms. The van der Waals surface area contributed by atoms with Gasteiger partial charge in [0, 0.05) is 31.8 Å². The zero-order valence-corrected chi connectivity index (χ0v) is 13.4. The van der Waals surface area contributed by atoms with Crippen LogP contribution in [-0.2, 0) is 0 Å². The molecule has 0 aromatic carbocycles. The van der Waals surface area contributed by atoms with E-state index in [-0.39, 0.29) is 32.0 Å². The Kier molecular flexibility index (Phi) is 68.2. The lowest BCUT2D eigenvalue weighted by atomic mass is 10.5. The minimum absolute atomic E-state index is 0.0972. The highest BCUT2D eigenvalue weighted by molar-refractivity contribution is 4.21. The van der Waals surface area contributed by atoms with Crippen molar-refractivity contribution in [2.75, 3.05) is 39.5 Å². The fourth-order valence-electron chi connectivity index (χ4n) is 0. The Balaban J connectivity index is -0.0000000469. The van der Waals surface area contributed by atoms with Gasteiger partial charge in [-0.05, 0) is 27.7 Å². The largest absolute Gasteiger partial charge is 0.395 e. The molecule has 0 spiro atoms. The van der Waals surface area contributed by atoms with E-state index in [1.165, 1.54) is 0 Å². The van der Waals surface area contributed by atoms with E-state index in [0.717, 1.165) is 0 Å². The highest BCUT2D eigenvalue weighted by Gasteiger charge is 1.69. The number of nitrogens with two attached hydrogens (primary N) is 3. The molecule has 0 aromatic rings. The van der Waals surface area contributed by atoms with Gasteiger partial charge in [0.15, 0.2) is 0 Å². The lowest BCUT2D eigenvalue weighted by Crippen LogP contribution is -2.02. The number of aliphatic hydroxyl groups is 5. The molecule has 0 bridgehead atoms. The first-order valence-corrected chi connectivity index (χ1v) is 6.50. The standard InChI is InChI=1S/2C3H8O.3C2H7NO/c2*1-3(2)4;3*3-1-2-4/h2*3-4H,1-2H3;3*4H,1-3H2. The van der Waals surface area contributed by atoms with E-state index in [9.17, 15) is 0 Å². The van der Waals surface area contributed by atoms with Crippen LogP contribution in [0.15, 0.2) is 0 Å². The fraction of sp³-hybridized carbons (Fsp3) is 1.00. The van der Waals surface area contributed by atoms with Crippen molar-refractivity contribution in [3.8, 4) is 0 Å². The Bertz CT molecular complexity index is 82.1. The summed E-state index contributed by atoms with van der Waals surface area (Å²) in [6, 6.07) is 0. The summed E-state index contributed by atoms with van der Waals surface area (Å²) in [5, 5.41) is 39.4. The average molecular weight is 303 g/mol. The molecule has 0 aromatic heterocycles. The minimum atomic E-state index is -0.167. The van der Waals surface area contributed by atoms with Crippen LogP contribution in [0.3, 0.4) is 0 Å². The maximum Gasteiger partial charge on any atom is 0.0553 e. The molecule has 11 N–H and O–H groups in total.